The lowest BCUT2D eigenvalue weighted by Gasteiger charge is -2.19. The number of nitrogens with zero attached hydrogens (tertiary/aromatic N) is 3. The van der Waals surface area contributed by atoms with Crippen molar-refractivity contribution in [1.82, 2.24) is 14.7 Å². The van der Waals surface area contributed by atoms with Crippen molar-refractivity contribution in [3.63, 3.8) is 0 Å². The third-order valence-corrected chi connectivity index (χ3v) is 4.02. The Kier molecular flexibility index (Phi) is 3.64. The van der Waals surface area contributed by atoms with E-state index in [1.165, 1.54) is 11.1 Å². The maximum Gasteiger partial charge on any atom is 0.276 e. The number of benzene rings is 1. The molecule has 1 aliphatic rings. The van der Waals surface area contributed by atoms with Crippen LogP contribution >= 0.6 is 0 Å². The number of hydrogen-bond donors (Lipinski definition) is 1. The molecule has 0 bridgehead atoms. The molecule has 0 aliphatic carbocycles. The molecule has 1 aromatic carbocycles. The zero-order chi connectivity index (χ0) is 14.8. The molecule has 2 heterocycles. The monoisotopic (exact) mass is 284 g/mol. The van der Waals surface area contributed by atoms with Crippen LogP contribution in [0.5, 0.6) is 0 Å². The second-order valence-electron chi connectivity index (χ2n) is 5.35. The number of nitrogens with two attached hydrogens (primary N) is 1. The lowest BCUT2D eigenvalue weighted by molar-refractivity contribution is 0.0757. The van der Waals surface area contributed by atoms with E-state index in [1.807, 2.05) is 11.8 Å². The first-order valence-corrected chi connectivity index (χ1v) is 7.38. The van der Waals surface area contributed by atoms with E-state index in [1.54, 1.807) is 10.9 Å². The van der Waals surface area contributed by atoms with Crippen LogP contribution in [0.3, 0.4) is 0 Å². The van der Waals surface area contributed by atoms with Crippen LogP contribution in [0.4, 0.5) is 5.69 Å². The fraction of sp³-hybridized carbons (Fsp3) is 0.375. The van der Waals surface area contributed by atoms with Gasteiger partial charge in [0.25, 0.3) is 5.91 Å². The molecule has 5 nitrogen and oxygen atoms in total. The van der Waals surface area contributed by atoms with Gasteiger partial charge >= 0.3 is 0 Å². The molecule has 0 saturated heterocycles. The number of anilines is 1. The highest BCUT2D eigenvalue weighted by Gasteiger charge is 2.23. The maximum absolute atomic E-state index is 12.6. The molecular weight excluding hydrogens is 264 g/mol. The first-order valence-electron chi connectivity index (χ1n) is 7.38. The van der Waals surface area contributed by atoms with Gasteiger partial charge in [0.05, 0.1) is 5.69 Å². The van der Waals surface area contributed by atoms with Crippen LogP contribution in [0.1, 0.15) is 28.5 Å². The lowest BCUT2D eigenvalue weighted by Crippen LogP contribution is -2.34. The molecule has 3 rings (SSSR count). The quantitative estimate of drug-likeness (QED) is 0.913. The minimum Gasteiger partial charge on any atom is -0.396 e. The fourth-order valence-electron chi connectivity index (χ4n) is 2.79. The third-order valence-electron chi connectivity index (χ3n) is 4.02. The zero-order valence-electron chi connectivity index (χ0n) is 12.2. The number of carbonyl (C=O) groups is 1. The smallest absolute Gasteiger partial charge is 0.276 e. The summed E-state index contributed by atoms with van der Waals surface area (Å²) in [5.41, 5.74) is 9.42. The van der Waals surface area contributed by atoms with Gasteiger partial charge in [-0.05, 0) is 30.9 Å². The van der Waals surface area contributed by atoms with Gasteiger partial charge in [-0.1, -0.05) is 24.3 Å². The van der Waals surface area contributed by atoms with E-state index in [-0.39, 0.29) is 5.91 Å². The molecule has 0 unspecified atom stereocenters. The minimum absolute atomic E-state index is 0.0625. The predicted octanol–water partition coefficient (Wildman–Crippen LogP) is 1.73. The topological polar surface area (TPSA) is 64.2 Å². The summed E-state index contributed by atoms with van der Waals surface area (Å²) < 4.78 is 1.70. The van der Waals surface area contributed by atoms with Crippen molar-refractivity contribution in [1.29, 1.82) is 0 Å². The molecule has 21 heavy (non-hydrogen) atoms. The number of aryl methyl sites for hydroxylation is 1. The van der Waals surface area contributed by atoms with Gasteiger partial charge in [0.15, 0.2) is 5.69 Å². The molecular formula is C16H20N4O. The highest BCUT2D eigenvalue weighted by molar-refractivity contribution is 5.97. The number of hydrogen-bond acceptors (Lipinski definition) is 3. The van der Waals surface area contributed by atoms with Gasteiger partial charge in [-0.2, -0.15) is 5.10 Å². The molecule has 0 radical (unpaired) electrons. The lowest BCUT2D eigenvalue weighted by atomic mass is 10.0. The maximum atomic E-state index is 12.6. The van der Waals surface area contributed by atoms with E-state index >= 15 is 0 Å². The van der Waals surface area contributed by atoms with Crippen molar-refractivity contribution in [3.05, 3.63) is 47.3 Å². The first kappa shape index (κ1) is 13.7. The molecule has 0 spiro atoms. The van der Waals surface area contributed by atoms with Crippen molar-refractivity contribution in [2.45, 2.75) is 26.3 Å². The summed E-state index contributed by atoms with van der Waals surface area (Å²) >= 11 is 0. The van der Waals surface area contributed by atoms with Crippen molar-refractivity contribution in [2.75, 3.05) is 18.8 Å². The average Bonchev–Trinajstić information content (AvgIpc) is 2.75. The van der Waals surface area contributed by atoms with E-state index in [2.05, 4.69) is 29.4 Å². The second-order valence-corrected chi connectivity index (χ2v) is 5.35. The number of nitrogen functional groups attached to an aromatic ring is 1. The molecule has 1 amide bonds. The van der Waals surface area contributed by atoms with Crippen LogP contribution in [0.2, 0.25) is 0 Å². The summed E-state index contributed by atoms with van der Waals surface area (Å²) in [5, 5.41) is 4.28. The first-order chi connectivity index (χ1) is 10.2. The number of aromatic nitrogens is 2. The van der Waals surface area contributed by atoms with E-state index in [4.69, 9.17) is 5.73 Å². The summed E-state index contributed by atoms with van der Waals surface area (Å²) in [6, 6.07) is 8.39. The molecule has 2 aromatic rings. The third kappa shape index (κ3) is 2.63. The molecule has 5 heteroatoms. The summed E-state index contributed by atoms with van der Waals surface area (Å²) in [4.78, 5) is 14.5. The Bertz CT molecular complexity index is 635. The molecule has 0 saturated carbocycles. The highest BCUT2D eigenvalue weighted by atomic mass is 16.2. The number of rotatable bonds is 2. The fourth-order valence-corrected chi connectivity index (χ4v) is 2.79. The highest BCUT2D eigenvalue weighted by Crippen LogP contribution is 2.18. The van der Waals surface area contributed by atoms with Crippen LogP contribution in [-0.4, -0.2) is 33.7 Å². The van der Waals surface area contributed by atoms with Gasteiger partial charge in [0.1, 0.15) is 0 Å². The van der Waals surface area contributed by atoms with Gasteiger partial charge in [-0.15, -0.1) is 0 Å². The van der Waals surface area contributed by atoms with Crippen LogP contribution < -0.4 is 5.73 Å². The van der Waals surface area contributed by atoms with Gasteiger partial charge in [0, 0.05) is 25.8 Å². The molecule has 1 aromatic heterocycles. The molecule has 0 atom stereocenters. The van der Waals surface area contributed by atoms with Crippen molar-refractivity contribution in [3.8, 4) is 0 Å². The summed E-state index contributed by atoms with van der Waals surface area (Å²) in [7, 11) is 0. The number of carbonyl (C=O) groups excluding carboxylic acids is 1. The van der Waals surface area contributed by atoms with Gasteiger partial charge in [0.2, 0.25) is 0 Å². The molecule has 1 aliphatic heterocycles. The normalized spacial score (nSPS) is 14.6. The van der Waals surface area contributed by atoms with Crippen LogP contribution in [0, 0.1) is 0 Å². The van der Waals surface area contributed by atoms with E-state index in [0.717, 1.165) is 12.8 Å². The SMILES string of the molecule is CCn1cc(N)c(C(=O)N2CCc3ccccc3CC2)n1. The Morgan fingerprint density at radius 1 is 1.24 bits per heavy atom. The predicted molar refractivity (Wildman–Crippen MR) is 82.1 cm³/mol. The Balaban J connectivity index is 1.79. The summed E-state index contributed by atoms with van der Waals surface area (Å²) in [5.74, 6) is -0.0625. The van der Waals surface area contributed by atoms with Crippen molar-refractivity contribution >= 4 is 11.6 Å². The number of amides is 1. The van der Waals surface area contributed by atoms with Crippen LogP contribution in [0.25, 0.3) is 0 Å². The van der Waals surface area contributed by atoms with E-state index in [0.29, 0.717) is 31.0 Å². The Labute approximate surface area is 124 Å². The zero-order valence-corrected chi connectivity index (χ0v) is 12.2. The molecule has 2 N–H and O–H groups in total. The summed E-state index contributed by atoms with van der Waals surface area (Å²) in [6.07, 6.45) is 3.49. The second kappa shape index (κ2) is 5.60. The Hall–Kier alpha value is -2.30. The van der Waals surface area contributed by atoms with Crippen molar-refractivity contribution in [2.24, 2.45) is 0 Å². The van der Waals surface area contributed by atoms with Crippen LogP contribution in [-0.2, 0) is 19.4 Å². The standard InChI is InChI=1S/C16H20N4O/c1-2-20-11-14(17)15(18-20)16(21)19-9-7-12-5-3-4-6-13(12)8-10-19/h3-6,11H,2,7-10,17H2,1H3. The van der Waals surface area contributed by atoms with E-state index < -0.39 is 0 Å². The van der Waals surface area contributed by atoms with Gasteiger partial charge in [-0.3, -0.25) is 9.48 Å². The van der Waals surface area contributed by atoms with E-state index in [9.17, 15) is 4.79 Å². The minimum atomic E-state index is -0.0625. The average molecular weight is 284 g/mol. The van der Waals surface area contributed by atoms with Crippen molar-refractivity contribution < 1.29 is 4.79 Å². The molecule has 110 valence electrons. The number of fused-ring (bicyclic) bond motifs is 1. The van der Waals surface area contributed by atoms with Gasteiger partial charge in [-0.25, -0.2) is 0 Å². The summed E-state index contributed by atoms with van der Waals surface area (Å²) in [6.45, 7) is 4.12. The van der Waals surface area contributed by atoms with Crippen LogP contribution in [0.15, 0.2) is 30.5 Å². The van der Waals surface area contributed by atoms with Gasteiger partial charge < -0.3 is 10.6 Å². The Morgan fingerprint density at radius 3 is 2.38 bits per heavy atom. The molecule has 0 fully saturated rings. The Morgan fingerprint density at radius 2 is 1.86 bits per heavy atom. The largest absolute Gasteiger partial charge is 0.396 e.